The quantitative estimate of drug-likeness (QED) is 0.868. The summed E-state index contributed by atoms with van der Waals surface area (Å²) >= 11 is 0. The van der Waals surface area contributed by atoms with Crippen molar-refractivity contribution in [3.05, 3.63) is 0 Å². The number of nitrogen functional groups attached to an aromatic ring is 1. The lowest BCUT2D eigenvalue weighted by Crippen LogP contribution is -2.11. The number of nitrogens with zero attached hydrogens (tertiary/aromatic N) is 2. The van der Waals surface area contributed by atoms with E-state index < -0.39 is 9.84 Å². The Morgan fingerprint density at radius 2 is 2.00 bits per heavy atom. The van der Waals surface area contributed by atoms with Crippen molar-refractivity contribution in [1.29, 1.82) is 0 Å². The fourth-order valence-corrected chi connectivity index (χ4v) is 3.58. The zero-order valence-electron chi connectivity index (χ0n) is 12.4. The molecule has 1 fully saturated rings. The fourth-order valence-electron chi connectivity index (χ4n) is 2.64. The third-order valence-electron chi connectivity index (χ3n) is 3.62. The lowest BCUT2D eigenvalue weighted by atomic mass is 10.2. The summed E-state index contributed by atoms with van der Waals surface area (Å²) in [6, 6.07) is 0.227. The number of hydrogen-bond donors (Lipinski definition) is 2. The zero-order chi connectivity index (χ0) is 14.9. The van der Waals surface area contributed by atoms with Crippen LogP contribution in [0.15, 0.2) is 4.90 Å². The van der Waals surface area contributed by atoms with Gasteiger partial charge in [0.15, 0.2) is 20.6 Å². The van der Waals surface area contributed by atoms with E-state index in [0.29, 0.717) is 18.3 Å². The standard InChI is InChI=1S/C13H24N4O2S/c1-9(2)8-15-13-11(20(3,18)19)12(14)17(16-13)10-6-4-5-7-10/h9-10H,4-8,14H2,1-3H3,(H,15,16). The zero-order valence-corrected chi connectivity index (χ0v) is 13.2. The molecule has 1 heterocycles. The van der Waals surface area contributed by atoms with E-state index in [0.717, 1.165) is 25.7 Å². The summed E-state index contributed by atoms with van der Waals surface area (Å²) in [4.78, 5) is 0.144. The molecule has 20 heavy (non-hydrogen) atoms. The van der Waals surface area contributed by atoms with E-state index in [9.17, 15) is 8.42 Å². The molecule has 1 aliphatic rings. The largest absolute Gasteiger partial charge is 0.383 e. The molecule has 0 aliphatic heterocycles. The van der Waals surface area contributed by atoms with Gasteiger partial charge in [-0.3, -0.25) is 0 Å². The van der Waals surface area contributed by atoms with E-state index in [-0.39, 0.29) is 16.8 Å². The van der Waals surface area contributed by atoms with Crippen LogP contribution in [0.4, 0.5) is 11.6 Å². The Morgan fingerprint density at radius 3 is 2.50 bits per heavy atom. The highest BCUT2D eigenvalue weighted by molar-refractivity contribution is 7.91. The van der Waals surface area contributed by atoms with Crippen molar-refractivity contribution >= 4 is 21.5 Å². The number of nitrogens with two attached hydrogens (primary N) is 1. The first-order valence-electron chi connectivity index (χ1n) is 7.12. The minimum atomic E-state index is -3.39. The van der Waals surface area contributed by atoms with E-state index in [1.54, 1.807) is 4.68 Å². The molecule has 6 nitrogen and oxygen atoms in total. The number of rotatable bonds is 5. The summed E-state index contributed by atoms with van der Waals surface area (Å²) in [5.41, 5.74) is 6.06. The highest BCUT2D eigenvalue weighted by atomic mass is 32.2. The number of aromatic nitrogens is 2. The molecular weight excluding hydrogens is 276 g/mol. The molecule has 0 bridgehead atoms. The van der Waals surface area contributed by atoms with Gasteiger partial charge in [-0.25, -0.2) is 13.1 Å². The third kappa shape index (κ3) is 3.08. The monoisotopic (exact) mass is 300 g/mol. The van der Waals surface area contributed by atoms with E-state index in [4.69, 9.17) is 5.73 Å². The first kappa shape index (κ1) is 15.2. The van der Waals surface area contributed by atoms with Gasteiger partial charge in [0.05, 0.1) is 6.04 Å². The van der Waals surface area contributed by atoms with Gasteiger partial charge < -0.3 is 11.1 Å². The van der Waals surface area contributed by atoms with Gasteiger partial charge in [-0.2, -0.15) is 5.10 Å². The topological polar surface area (TPSA) is 90.0 Å². The SMILES string of the molecule is CC(C)CNc1nn(C2CCCC2)c(N)c1S(C)(=O)=O. The summed E-state index contributed by atoms with van der Waals surface area (Å²) in [6.45, 7) is 4.79. The van der Waals surface area contributed by atoms with Crippen molar-refractivity contribution in [2.24, 2.45) is 5.92 Å². The Kier molecular flexibility index (Phi) is 4.27. The summed E-state index contributed by atoms with van der Waals surface area (Å²) in [7, 11) is -3.39. The molecule has 0 unspecified atom stereocenters. The van der Waals surface area contributed by atoms with Crippen molar-refractivity contribution in [2.45, 2.75) is 50.5 Å². The van der Waals surface area contributed by atoms with Crippen LogP contribution in [0, 0.1) is 5.92 Å². The molecule has 1 aliphatic carbocycles. The Balaban J connectivity index is 2.40. The van der Waals surface area contributed by atoms with Crippen LogP contribution in [0.5, 0.6) is 0 Å². The van der Waals surface area contributed by atoms with Crippen LogP contribution in [0.25, 0.3) is 0 Å². The molecule has 0 amide bonds. The van der Waals surface area contributed by atoms with Gasteiger partial charge in [-0.15, -0.1) is 0 Å². The lowest BCUT2D eigenvalue weighted by molar-refractivity contribution is 0.474. The van der Waals surface area contributed by atoms with Crippen LogP contribution >= 0.6 is 0 Å². The Morgan fingerprint density at radius 1 is 1.40 bits per heavy atom. The van der Waals surface area contributed by atoms with E-state index in [2.05, 4.69) is 24.3 Å². The Labute approximate surface area is 120 Å². The van der Waals surface area contributed by atoms with Crippen LogP contribution in [0.1, 0.15) is 45.6 Å². The summed E-state index contributed by atoms with van der Waals surface area (Å²) in [6.07, 6.45) is 5.50. The molecule has 1 aromatic heterocycles. The van der Waals surface area contributed by atoms with Gasteiger partial charge in [0.2, 0.25) is 0 Å². The van der Waals surface area contributed by atoms with Crippen molar-refractivity contribution in [2.75, 3.05) is 23.9 Å². The highest BCUT2D eigenvalue weighted by Gasteiger charge is 2.28. The van der Waals surface area contributed by atoms with Crippen molar-refractivity contribution < 1.29 is 8.42 Å². The average molecular weight is 300 g/mol. The van der Waals surface area contributed by atoms with Crippen molar-refractivity contribution in [3.8, 4) is 0 Å². The molecular formula is C13H24N4O2S. The molecule has 0 aromatic carbocycles. The summed E-state index contributed by atoms with van der Waals surface area (Å²) in [5, 5.41) is 7.54. The van der Waals surface area contributed by atoms with Gasteiger partial charge in [-0.1, -0.05) is 26.7 Å². The Hall–Kier alpha value is -1.24. The highest BCUT2D eigenvalue weighted by Crippen LogP contribution is 2.36. The molecule has 1 aromatic rings. The molecule has 114 valence electrons. The molecule has 3 N–H and O–H groups in total. The smallest absolute Gasteiger partial charge is 0.182 e. The predicted octanol–water partition coefficient (Wildman–Crippen LogP) is 2.05. The average Bonchev–Trinajstić information content (AvgIpc) is 2.92. The number of anilines is 2. The Bertz CT molecular complexity index is 571. The van der Waals surface area contributed by atoms with Crippen LogP contribution in [-0.4, -0.2) is 31.0 Å². The second-order valence-corrected chi connectivity index (χ2v) is 7.95. The second-order valence-electron chi connectivity index (χ2n) is 5.99. The van der Waals surface area contributed by atoms with Crippen molar-refractivity contribution in [3.63, 3.8) is 0 Å². The minimum Gasteiger partial charge on any atom is -0.383 e. The number of nitrogens with one attached hydrogen (secondary N) is 1. The maximum Gasteiger partial charge on any atom is 0.182 e. The predicted molar refractivity (Wildman–Crippen MR) is 80.6 cm³/mol. The van der Waals surface area contributed by atoms with Gasteiger partial charge >= 0.3 is 0 Å². The molecule has 0 saturated heterocycles. The van der Waals surface area contributed by atoms with Crippen LogP contribution in [0.2, 0.25) is 0 Å². The van der Waals surface area contributed by atoms with Crippen LogP contribution in [-0.2, 0) is 9.84 Å². The second kappa shape index (κ2) is 5.63. The van der Waals surface area contributed by atoms with Gasteiger partial charge in [0.25, 0.3) is 0 Å². The summed E-state index contributed by atoms with van der Waals surface area (Å²) in [5.74, 6) is 1.07. The van der Waals surface area contributed by atoms with Gasteiger partial charge in [0, 0.05) is 12.8 Å². The summed E-state index contributed by atoms with van der Waals surface area (Å²) < 4.78 is 25.6. The fraction of sp³-hybridized carbons (Fsp3) is 0.769. The maximum atomic E-state index is 12.0. The van der Waals surface area contributed by atoms with Crippen molar-refractivity contribution in [1.82, 2.24) is 9.78 Å². The van der Waals surface area contributed by atoms with E-state index >= 15 is 0 Å². The minimum absolute atomic E-state index is 0.144. The van der Waals surface area contributed by atoms with E-state index in [1.165, 1.54) is 6.26 Å². The lowest BCUT2D eigenvalue weighted by Gasteiger charge is -2.11. The van der Waals surface area contributed by atoms with Crippen LogP contribution in [0.3, 0.4) is 0 Å². The first-order valence-corrected chi connectivity index (χ1v) is 9.01. The number of hydrogen-bond acceptors (Lipinski definition) is 5. The third-order valence-corrected chi connectivity index (χ3v) is 4.77. The van der Waals surface area contributed by atoms with Gasteiger partial charge in [-0.05, 0) is 18.8 Å². The maximum absolute atomic E-state index is 12.0. The molecule has 0 radical (unpaired) electrons. The molecule has 0 atom stereocenters. The molecule has 0 spiro atoms. The van der Waals surface area contributed by atoms with Crippen LogP contribution < -0.4 is 11.1 Å². The normalized spacial score (nSPS) is 17.0. The molecule has 2 rings (SSSR count). The number of sulfone groups is 1. The first-order chi connectivity index (χ1) is 9.30. The molecule has 1 saturated carbocycles. The molecule has 7 heteroatoms. The van der Waals surface area contributed by atoms with Gasteiger partial charge in [0.1, 0.15) is 5.82 Å². The van der Waals surface area contributed by atoms with E-state index in [1.807, 2.05) is 0 Å².